The monoisotopic (exact) mass is 371 g/mol. The second-order valence-electron chi connectivity index (χ2n) is 5.52. The van der Waals surface area contributed by atoms with Gasteiger partial charge in [0.15, 0.2) is 0 Å². The summed E-state index contributed by atoms with van der Waals surface area (Å²) in [5, 5.41) is 11.0. The first-order chi connectivity index (χ1) is 10.4. The molecule has 2 heterocycles. The van der Waals surface area contributed by atoms with E-state index >= 15 is 0 Å². The molecule has 7 nitrogen and oxygen atoms in total. The van der Waals surface area contributed by atoms with E-state index in [-0.39, 0.29) is 18.3 Å². The lowest BCUT2D eigenvalue weighted by Gasteiger charge is -2.33. The zero-order valence-corrected chi connectivity index (χ0v) is 13.5. The van der Waals surface area contributed by atoms with Crippen LogP contribution in [-0.2, 0) is 7.05 Å². The molecule has 0 saturated carbocycles. The quantitative estimate of drug-likeness (QED) is 0.644. The van der Waals surface area contributed by atoms with Crippen LogP contribution in [0.5, 0.6) is 0 Å². The average molecular weight is 372 g/mol. The predicted molar refractivity (Wildman–Crippen MR) is 84.8 cm³/mol. The van der Waals surface area contributed by atoms with Gasteiger partial charge in [-0.05, 0) is 28.4 Å². The van der Waals surface area contributed by atoms with Gasteiger partial charge in [0, 0.05) is 25.7 Å². The molecule has 0 aliphatic carbocycles. The molecule has 0 bridgehead atoms. The Bertz CT molecular complexity index is 740. The zero-order valence-electron chi connectivity index (χ0n) is 11.9. The summed E-state index contributed by atoms with van der Waals surface area (Å²) in [6.45, 7) is 0.745. The number of aryl methyl sites for hydroxylation is 1. The summed E-state index contributed by atoms with van der Waals surface area (Å²) in [7, 11) is 1.80. The van der Waals surface area contributed by atoms with Crippen molar-refractivity contribution in [3.63, 3.8) is 0 Å². The predicted octanol–water partition coefficient (Wildman–Crippen LogP) is 2.12. The third-order valence-electron chi connectivity index (χ3n) is 3.84. The molecule has 1 aromatic carbocycles. The maximum Gasteiger partial charge on any atom is 0.285 e. The average Bonchev–Trinajstić information content (AvgIpc) is 2.73. The van der Waals surface area contributed by atoms with Crippen LogP contribution in [0.15, 0.2) is 16.6 Å². The minimum Gasteiger partial charge on any atom is -0.338 e. The third-order valence-corrected chi connectivity index (χ3v) is 4.47. The van der Waals surface area contributed by atoms with Crippen LogP contribution >= 0.6 is 15.9 Å². The Labute approximate surface area is 134 Å². The molecule has 118 valence electrons. The Balaban J connectivity index is 2.08. The molecular weight excluding hydrogens is 357 g/mol. The second-order valence-corrected chi connectivity index (χ2v) is 6.37. The van der Waals surface area contributed by atoms with Crippen LogP contribution in [0, 0.1) is 10.1 Å². The van der Waals surface area contributed by atoms with Gasteiger partial charge in [-0.25, -0.2) is 9.37 Å². The van der Waals surface area contributed by atoms with Gasteiger partial charge in [0.1, 0.15) is 6.17 Å². The van der Waals surface area contributed by atoms with E-state index in [1.165, 1.54) is 6.07 Å². The normalized spacial score (nSPS) is 22.3. The van der Waals surface area contributed by atoms with Crippen LogP contribution < -0.4 is 10.6 Å². The first-order valence-corrected chi connectivity index (χ1v) is 7.61. The molecule has 0 amide bonds. The lowest BCUT2D eigenvalue weighted by molar-refractivity contribution is -0.385. The van der Waals surface area contributed by atoms with E-state index in [0.717, 1.165) is 5.52 Å². The second kappa shape index (κ2) is 5.47. The van der Waals surface area contributed by atoms with E-state index in [9.17, 15) is 14.5 Å². The molecule has 1 aromatic heterocycles. The fourth-order valence-electron chi connectivity index (χ4n) is 2.85. The number of fused-ring (bicyclic) bond motifs is 1. The van der Waals surface area contributed by atoms with Gasteiger partial charge in [-0.2, -0.15) is 0 Å². The maximum absolute atomic E-state index is 13.7. The van der Waals surface area contributed by atoms with Crippen LogP contribution in [0.3, 0.4) is 0 Å². The van der Waals surface area contributed by atoms with E-state index in [0.29, 0.717) is 28.9 Å². The summed E-state index contributed by atoms with van der Waals surface area (Å²) in [5.74, 6) is 0.570. The van der Waals surface area contributed by atoms with Gasteiger partial charge in [-0.3, -0.25) is 10.1 Å². The summed E-state index contributed by atoms with van der Waals surface area (Å²) < 4.78 is 15.9. The number of hydrogen-bond donors (Lipinski definition) is 1. The minimum atomic E-state index is -0.996. The summed E-state index contributed by atoms with van der Waals surface area (Å²) >= 11 is 3.20. The van der Waals surface area contributed by atoms with Crippen molar-refractivity contribution in [1.82, 2.24) is 9.55 Å². The van der Waals surface area contributed by atoms with Crippen molar-refractivity contribution in [2.24, 2.45) is 12.8 Å². The van der Waals surface area contributed by atoms with Crippen LogP contribution in [0.2, 0.25) is 0 Å². The van der Waals surface area contributed by atoms with Crippen molar-refractivity contribution in [3.05, 3.63) is 26.7 Å². The lowest BCUT2D eigenvalue weighted by Crippen LogP contribution is -2.48. The molecule has 1 saturated heterocycles. The number of benzene rings is 1. The molecule has 0 spiro atoms. The van der Waals surface area contributed by atoms with Crippen LogP contribution in [0.25, 0.3) is 11.0 Å². The number of anilines is 1. The Morgan fingerprint density at radius 2 is 2.23 bits per heavy atom. The highest BCUT2D eigenvalue weighted by Crippen LogP contribution is 2.32. The largest absolute Gasteiger partial charge is 0.338 e. The fourth-order valence-corrected chi connectivity index (χ4v) is 3.33. The van der Waals surface area contributed by atoms with Crippen molar-refractivity contribution in [3.8, 4) is 0 Å². The first kappa shape index (κ1) is 15.2. The first-order valence-electron chi connectivity index (χ1n) is 6.81. The van der Waals surface area contributed by atoms with Gasteiger partial charge >= 0.3 is 0 Å². The van der Waals surface area contributed by atoms with Crippen LogP contribution in [0.1, 0.15) is 6.42 Å². The number of piperidine rings is 1. The molecule has 1 fully saturated rings. The van der Waals surface area contributed by atoms with Crippen molar-refractivity contribution in [2.75, 3.05) is 18.0 Å². The van der Waals surface area contributed by atoms with Gasteiger partial charge in [0.2, 0.25) is 5.95 Å². The number of nitro groups is 1. The number of imidazole rings is 1. The lowest BCUT2D eigenvalue weighted by atomic mass is 10.1. The van der Waals surface area contributed by atoms with Gasteiger partial charge in [-0.15, -0.1) is 0 Å². The molecule has 2 atom stereocenters. The zero-order chi connectivity index (χ0) is 16.0. The van der Waals surface area contributed by atoms with Crippen molar-refractivity contribution in [2.45, 2.75) is 18.6 Å². The number of aromatic nitrogens is 2. The topological polar surface area (TPSA) is 90.2 Å². The van der Waals surface area contributed by atoms with E-state index < -0.39 is 11.1 Å². The molecular formula is C13H15BrFN5O2. The number of nitro benzene ring substituents is 1. The van der Waals surface area contributed by atoms with E-state index in [1.54, 1.807) is 22.6 Å². The SMILES string of the molecule is Cn1c(N2C[C@H](N)C[C@@H](F)C2)nc2cc([N+](=O)[O-])c(Br)cc21. The molecule has 9 heteroatoms. The molecule has 3 rings (SSSR count). The van der Waals surface area contributed by atoms with Crippen LogP contribution in [0.4, 0.5) is 16.0 Å². The third kappa shape index (κ3) is 2.54. The van der Waals surface area contributed by atoms with Crippen molar-refractivity contribution in [1.29, 1.82) is 0 Å². The van der Waals surface area contributed by atoms with E-state index in [4.69, 9.17) is 5.73 Å². The number of nitrogens with two attached hydrogens (primary N) is 1. The summed E-state index contributed by atoms with van der Waals surface area (Å²) in [6.07, 6.45) is -0.651. The van der Waals surface area contributed by atoms with E-state index in [2.05, 4.69) is 20.9 Å². The molecule has 1 aliphatic heterocycles. The van der Waals surface area contributed by atoms with E-state index in [1.807, 2.05) is 0 Å². The van der Waals surface area contributed by atoms with Gasteiger partial charge < -0.3 is 15.2 Å². The molecule has 2 N–H and O–H groups in total. The highest BCUT2D eigenvalue weighted by Gasteiger charge is 2.28. The Kier molecular flexibility index (Phi) is 3.77. The highest BCUT2D eigenvalue weighted by atomic mass is 79.9. The van der Waals surface area contributed by atoms with Gasteiger partial charge in [0.05, 0.1) is 27.0 Å². The molecule has 0 radical (unpaired) electrons. The van der Waals surface area contributed by atoms with Gasteiger partial charge in [-0.1, -0.05) is 0 Å². The highest BCUT2D eigenvalue weighted by molar-refractivity contribution is 9.10. The van der Waals surface area contributed by atoms with Crippen molar-refractivity contribution < 1.29 is 9.31 Å². The summed E-state index contributed by atoms with van der Waals surface area (Å²) in [6, 6.07) is 2.82. The minimum absolute atomic E-state index is 0.0455. The Morgan fingerprint density at radius 1 is 1.50 bits per heavy atom. The molecule has 1 aliphatic rings. The number of halogens is 2. The van der Waals surface area contributed by atoms with Gasteiger partial charge in [0.25, 0.3) is 5.69 Å². The molecule has 0 unspecified atom stereocenters. The number of alkyl halides is 1. The molecule has 2 aromatic rings. The standard InChI is InChI=1S/C13H15BrFN5O2/c1-18-12-3-9(14)11(20(21)22)4-10(12)17-13(18)19-5-7(15)2-8(16)6-19/h3-4,7-8H,2,5-6,16H2,1H3/t7-,8-/m1/s1. The number of nitrogens with zero attached hydrogens (tertiary/aromatic N) is 4. The smallest absolute Gasteiger partial charge is 0.285 e. The molecule has 22 heavy (non-hydrogen) atoms. The Morgan fingerprint density at radius 3 is 2.86 bits per heavy atom. The Hall–Kier alpha value is -1.74. The number of rotatable bonds is 2. The van der Waals surface area contributed by atoms with Crippen LogP contribution in [-0.4, -0.2) is 39.8 Å². The maximum atomic E-state index is 13.7. The summed E-state index contributed by atoms with van der Waals surface area (Å²) in [4.78, 5) is 16.8. The fraction of sp³-hybridized carbons (Fsp3) is 0.462. The summed E-state index contributed by atoms with van der Waals surface area (Å²) in [5.41, 5.74) is 7.06. The van der Waals surface area contributed by atoms with Crippen molar-refractivity contribution >= 4 is 38.6 Å². The number of hydrogen-bond acceptors (Lipinski definition) is 5.